The van der Waals surface area contributed by atoms with Gasteiger partial charge in [-0.2, -0.15) is 9.82 Å². The number of nitrogens with zero attached hydrogens (tertiary/aromatic N) is 1. The number of nitrogens with one attached hydrogen (secondary N) is 2. The van der Waals surface area contributed by atoms with Crippen LogP contribution in [-0.4, -0.2) is 26.6 Å². The summed E-state index contributed by atoms with van der Waals surface area (Å²) in [7, 11) is -3.89. The molecule has 0 bridgehead atoms. The van der Waals surface area contributed by atoms with Crippen molar-refractivity contribution >= 4 is 22.1 Å². The van der Waals surface area contributed by atoms with Crippen LogP contribution in [0.25, 0.3) is 0 Å². The van der Waals surface area contributed by atoms with Gasteiger partial charge in [0, 0.05) is 5.56 Å². The van der Waals surface area contributed by atoms with Crippen molar-refractivity contribution in [3.05, 3.63) is 89.9 Å². The lowest BCUT2D eigenvalue weighted by molar-refractivity contribution is -0.122. The maximum Gasteiger partial charge on any atom is 0.258 e. The molecule has 0 aliphatic heterocycles. The molecule has 0 saturated heterocycles. The number of carbonyl (C=O) groups excluding carboxylic acids is 1. The van der Waals surface area contributed by atoms with Crippen molar-refractivity contribution in [2.45, 2.75) is 24.3 Å². The van der Waals surface area contributed by atoms with E-state index in [1.165, 1.54) is 30.9 Å². The minimum atomic E-state index is -3.89. The van der Waals surface area contributed by atoms with Gasteiger partial charge in [-0.05, 0) is 37.1 Å². The Morgan fingerprint density at radius 3 is 2.48 bits per heavy atom. The van der Waals surface area contributed by atoms with Crippen molar-refractivity contribution in [2.24, 2.45) is 5.10 Å². The third-order valence-corrected chi connectivity index (χ3v) is 5.65. The van der Waals surface area contributed by atoms with E-state index in [0.29, 0.717) is 5.56 Å². The number of aryl methyl sites for hydroxylation is 1. The molecule has 0 aliphatic rings. The third-order valence-electron chi connectivity index (χ3n) is 4.16. The van der Waals surface area contributed by atoms with Crippen LogP contribution in [0.3, 0.4) is 0 Å². The van der Waals surface area contributed by atoms with E-state index < -0.39 is 22.0 Å². The number of hydrogen-bond donors (Lipinski definition) is 2. The Hall–Kier alpha value is -3.23. The standard InChI is InChI=1S/C21H21N3O4S/c1-16-7-9-19(10-8-16)29(26,27)24-20(13-17-5-3-2-4-6-17)21(25)23-22-14-18-11-12-28-15-18/h2-12,14-15,20,24H,13H2,1H3,(H,23,25). The summed E-state index contributed by atoms with van der Waals surface area (Å²) < 4.78 is 32.9. The van der Waals surface area contributed by atoms with Crippen LogP contribution in [0.2, 0.25) is 0 Å². The molecule has 1 unspecified atom stereocenters. The Morgan fingerprint density at radius 2 is 1.83 bits per heavy atom. The normalized spacial score (nSPS) is 12.7. The molecule has 3 rings (SSSR count). The summed E-state index contributed by atoms with van der Waals surface area (Å²) in [6, 6.07) is 16.2. The summed E-state index contributed by atoms with van der Waals surface area (Å²) in [5.41, 5.74) is 4.82. The molecule has 0 saturated carbocycles. The zero-order valence-electron chi connectivity index (χ0n) is 15.8. The molecule has 150 valence electrons. The first kappa shape index (κ1) is 20.5. The molecule has 1 heterocycles. The monoisotopic (exact) mass is 411 g/mol. The van der Waals surface area contributed by atoms with E-state index in [1.807, 2.05) is 37.3 Å². The second-order valence-corrected chi connectivity index (χ2v) is 8.18. The topological polar surface area (TPSA) is 101 Å². The highest BCUT2D eigenvalue weighted by atomic mass is 32.2. The molecule has 7 nitrogen and oxygen atoms in total. The molecular formula is C21H21N3O4S. The van der Waals surface area contributed by atoms with Crippen molar-refractivity contribution in [2.75, 3.05) is 0 Å². The first-order chi connectivity index (χ1) is 13.9. The molecule has 0 radical (unpaired) electrons. The maximum atomic E-state index is 12.8. The lowest BCUT2D eigenvalue weighted by atomic mass is 10.1. The second-order valence-electron chi connectivity index (χ2n) is 6.47. The molecule has 2 aromatic carbocycles. The molecule has 1 amide bonds. The molecule has 0 aliphatic carbocycles. The molecule has 2 N–H and O–H groups in total. The molecule has 29 heavy (non-hydrogen) atoms. The van der Waals surface area contributed by atoms with E-state index in [9.17, 15) is 13.2 Å². The molecule has 0 fully saturated rings. The summed E-state index contributed by atoms with van der Waals surface area (Å²) in [5, 5.41) is 3.87. The summed E-state index contributed by atoms with van der Waals surface area (Å²) in [4.78, 5) is 12.8. The Bertz CT molecular complexity index is 1060. The number of furan rings is 1. The van der Waals surface area contributed by atoms with Crippen LogP contribution in [0.4, 0.5) is 0 Å². The highest BCUT2D eigenvalue weighted by Gasteiger charge is 2.26. The van der Waals surface area contributed by atoms with Crippen LogP contribution in [-0.2, 0) is 21.2 Å². The van der Waals surface area contributed by atoms with E-state index in [-0.39, 0.29) is 11.3 Å². The minimum Gasteiger partial charge on any atom is -0.472 e. The minimum absolute atomic E-state index is 0.0934. The van der Waals surface area contributed by atoms with Gasteiger partial charge in [0.1, 0.15) is 6.04 Å². The lowest BCUT2D eigenvalue weighted by Gasteiger charge is -2.17. The molecular weight excluding hydrogens is 390 g/mol. The Morgan fingerprint density at radius 1 is 1.10 bits per heavy atom. The van der Waals surface area contributed by atoms with Gasteiger partial charge in [-0.25, -0.2) is 13.8 Å². The van der Waals surface area contributed by atoms with Crippen LogP contribution in [0.1, 0.15) is 16.7 Å². The van der Waals surface area contributed by atoms with Gasteiger partial charge in [0.15, 0.2) is 0 Å². The zero-order chi connectivity index (χ0) is 20.7. The van der Waals surface area contributed by atoms with Crippen LogP contribution in [0, 0.1) is 6.92 Å². The molecule has 1 atom stereocenters. The van der Waals surface area contributed by atoms with Crippen molar-refractivity contribution < 1.29 is 17.6 Å². The van der Waals surface area contributed by atoms with Crippen molar-refractivity contribution in [3.8, 4) is 0 Å². The van der Waals surface area contributed by atoms with Gasteiger partial charge in [-0.15, -0.1) is 0 Å². The summed E-state index contributed by atoms with van der Waals surface area (Å²) in [5.74, 6) is -0.565. The van der Waals surface area contributed by atoms with Crippen LogP contribution >= 0.6 is 0 Å². The number of hydrazone groups is 1. The number of rotatable bonds is 8. The third kappa shape index (κ3) is 5.87. The van der Waals surface area contributed by atoms with Crippen molar-refractivity contribution in [1.82, 2.24) is 10.1 Å². The second kappa shape index (κ2) is 9.31. The fourth-order valence-corrected chi connectivity index (χ4v) is 3.80. The van der Waals surface area contributed by atoms with E-state index in [1.54, 1.807) is 18.2 Å². The van der Waals surface area contributed by atoms with Crippen LogP contribution in [0.15, 0.2) is 87.6 Å². The molecule has 0 spiro atoms. The number of carbonyl (C=O) groups is 1. The highest BCUT2D eigenvalue weighted by molar-refractivity contribution is 7.89. The number of amides is 1. The number of sulfonamides is 1. The van der Waals surface area contributed by atoms with Crippen LogP contribution < -0.4 is 10.1 Å². The summed E-state index contributed by atoms with van der Waals surface area (Å²) >= 11 is 0. The van der Waals surface area contributed by atoms with Gasteiger partial charge >= 0.3 is 0 Å². The van der Waals surface area contributed by atoms with Gasteiger partial charge in [0.05, 0.1) is 23.6 Å². The number of benzene rings is 2. The Balaban J connectivity index is 1.78. The SMILES string of the molecule is Cc1ccc(S(=O)(=O)NC(Cc2ccccc2)C(=O)NN=Cc2ccoc2)cc1. The Labute approximate surface area is 169 Å². The van der Waals surface area contributed by atoms with Gasteiger partial charge in [0.25, 0.3) is 5.91 Å². The van der Waals surface area contributed by atoms with Gasteiger partial charge in [0.2, 0.25) is 10.0 Å². The predicted octanol–water partition coefficient (Wildman–Crippen LogP) is 2.63. The van der Waals surface area contributed by atoms with Crippen LogP contribution in [0.5, 0.6) is 0 Å². The van der Waals surface area contributed by atoms with Gasteiger partial charge < -0.3 is 4.42 Å². The van der Waals surface area contributed by atoms with E-state index in [4.69, 9.17) is 4.42 Å². The smallest absolute Gasteiger partial charge is 0.258 e. The highest BCUT2D eigenvalue weighted by Crippen LogP contribution is 2.12. The molecule has 3 aromatic rings. The first-order valence-electron chi connectivity index (χ1n) is 8.92. The van der Waals surface area contributed by atoms with Gasteiger partial charge in [-0.3, -0.25) is 4.79 Å². The van der Waals surface area contributed by atoms with Gasteiger partial charge in [-0.1, -0.05) is 48.0 Å². The largest absolute Gasteiger partial charge is 0.472 e. The molecule has 1 aromatic heterocycles. The fourth-order valence-electron chi connectivity index (χ4n) is 2.61. The molecule has 8 heteroatoms. The first-order valence-corrected chi connectivity index (χ1v) is 10.4. The van der Waals surface area contributed by atoms with E-state index in [2.05, 4.69) is 15.2 Å². The quantitative estimate of drug-likeness (QED) is 0.439. The Kier molecular flexibility index (Phi) is 6.58. The van der Waals surface area contributed by atoms with Crippen molar-refractivity contribution in [1.29, 1.82) is 0 Å². The van der Waals surface area contributed by atoms with E-state index >= 15 is 0 Å². The predicted molar refractivity (Wildman–Crippen MR) is 110 cm³/mol. The fraction of sp³-hybridized carbons (Fsp3) is 0.143. The van der Waals surface area contributed by atoms with E-state index in [0.717, 1.165) is 11.1 Å². The average Bonchev–Trinajstić information content (AvgIpc) is 3.22. The summed E-state index contributed by atoms with van der Waals surface area (Å²) in [6.07, 6.45) is 4.54. The zero-order valence-corrected chi connectivity index (χ0v) is 16.6. The lowest BCUT2D eigenvalue weighted by Crippen LogP contribution is -2.46. The average molecular weight is 411 g/mol. The number of hydrogen-bond acceptors (Lipinski definition) is 5. The van der Waals surface area contributed by atoms with Crippen molar-refractivity contribution in [3.63, 3.8) is 0 Å². The summed E-state index contributed by atoms with van der Waals surface area (Å²) in [6.45, 7) is 1.87. The maximum absolute atomic E-state index is 12.8.